The first-order valence-corrected chi connectivity index (χ1v) is 7.76. The Morgan fingerprint density at radius 1 is 1.24 bits per heavy atom. The van der Waals surface area contributed by atoms with Crippen LogP contribution in [0.4, 0.5) is 0 Å². The fourth-order valence-electron chi connectivity index (χ4n) is 2.14. The third-order valence-electron chi connectivity index (χ3n) is 3.25. The van der Waals surface area contributed by atoms with Gasteiger partial charge in [-0.25, -0.2) is 0 Å². The van der Waals surface area contributed by atoms with E-state index in [9.17, 15) is 0 Å². The second-order valence-electron chi connectivity index (χ2n) is 5.03. The maximum Gasteiger partial charge on any atom is 0.166 e. The van der Waals surface area contributed by atoms with E-state index in [1.165, 1.54) is 5.56 Å². The molecule has 2 N–H and O–H groups in total. The van der Waals surface area contributed by atoms with Gasteiger partial charge < -0.3 is 20.1 Å². The average molecular weight is 310 g/mol. The van der Waals surface area contributed by atoms with Crippen LogP contribution in [0.1, 0.15) is 32.3 Å². The van der Waals surface area contributed by atoms with Crippen molar-refractivity contribution in [1.29, 1.82) is 0 Å². The summed E-state index contributed by atoms with van der Waals surface area (Å²) in [5, 5.41) is 7.24. The van der Waals surface area contributed by atoms with Crippen molar-refractivity contribution in [2.24, 2.45) is 0 Å². The van der Waals surface area contributed by atoms with Crippen LogP contribution in [-0.2, 0) is 6.42 Å². The summed E-state index contributed by atoms with van der Waals surface area (Å²) in [5.41, 5.74) is 1.18. The highest BCUT2D eigenvalue weighted by Gasteiger charge is 2.05. The molecule has 0 aliphatic rings. The Balaban J connectivity index is 2.40. The van der Waals surface area contributed by atoms with E-state index in [4.69, 9.17) is 21.7 Å². The van der Waals surface area contributed by atoms with Crippen LogP contribution in [0.15, 0.2) is 18.2 Å². The van der Waals surface area contributed by atoms with Gasteiger partial charge in [-0.05, 0) is 49.7 Å². The SMILES string of the molecule is CCCC(C)NC(=S)NCCc1ccc(OC)c(OC)c1. The summed E-state index contributed by atoms with van der Waals surface area (Å²) < 4.78 is 10.5. The Morgan fingerprint density at radius 2 is 1.95 bits per heavy atom. The second-order valence-corrected chi connectivity index (χ2v) is 5.44. The maximum atomic E-state index is 5.30. The molecule has 1 rings (SSSR count). The number of methoxy groups -OCH3 is 2. The van der Waals surface area contributed by atoms with E-state index >= 15 is 0 Å². The molecule has 5 heteroatoms. The van der Waals surface area contributed by atoms with Crippen molar-refractivity contribution >= 4 is 17.3 Å². The standard InChI is InChI=1S/C16H26N2O2S/c1-5-6-12(2)18-16(21)17-10-9-13-7-8-14(19-3)15(11-13)20-4/h7-8,11-12H,5-6,9-10H2,1-4H3,(H2,17,18,21). The molecule has 0 bridgehead atoms. The monoisotopic (exact) mass is 310 g/mol. The highest BCUT2D eigenvalue weighted by Crippen LogP contribution is 2.27. The Hall–Kier alpha value is -1.49. The minimum absolute atomic E-state index is 0.413. The summed E-state index contributed by atoms with van der Waals surface area (Å²) in [6, 6.07) is 6.38. The van der Waals surface area contributed by atoms with Crippen LogP contribution in [0.5, 0.6) is 11.5 Å². The number of thiocarbonyl (C=S) groups is 1. The van der Waals surface area contributed by atoms with E-state index < -0.39 is 0 Å². The smallest absolute Gasteiger partial charge is 0.166 e. The van der Waals surface area contributed by atoms with E-state index in [0.717, 1.165) is 42.4 Å². The molecule has 1 aromatic carbocycles. The lowest BCUT2D eigenvalue weighted by atomic mass is 10.1. The molecule has 4 nitrogen and oxygen atoms in total. The zero-order chi connectivity index (χ0) is 15.7. The molecule has 0 aromatic heterocycles. The molecular weight excluding hydrogens is 284 g/mol. The van der Waals surface area contributed by atoms with E-state index in [2.05, 4.69) is 24.5 Å². The van der Waals surface area contributed by atoms with Crippen LogP contribution in [0.3, 0.4) is 0 Å². The molecule has 0 aliphatic heterocycles. The number of benzene rings is 1. The lowest BCUT2D eigenvalue weighted by molar-refractivity contribution is 0.354. The molecule has 1 atom stereocenters. The van der Waals surface area contributed by atoms with Gasteiger partial charge in [-0.2, -0.15) is 0 Å². The zero-order valence-corrected chi connectivity index (χ0v) is 14.2. The van der Waals surface area contributed by atoms with E-state index in [1.807, 2.05) is 18.2 Å². The molecule has 1 unspecified atom stereocenters. The summed E-state index contributed by atoms with van der Waals surface area (Å²) in [6.45, 7) is 5.11. The van der Waals surface area contributed by atoms with Crippen molar-refractivity contribution in [3.05, 3.63) is 23.8 Å². The van der Waals surface area contributed by atoms with E-state index in [-0.39, 0.29) is 0 Å². The van der Waals surface area contributed by atoms with Gasteiger partial charge in [0.05, 0.1) is 14.2 Å². The van der Waals surface area contributed by atoms with Crippen LogP contribution < -0.4 is 20.1 Å². The number of ether oxygens (including phenoxy) is 2. The van der Waals surface area contributed by atoms with Crippen molar-refractivity contribution < 1.29 is 9.47 Å². The Morgan fingerprint density at radius 3 is 2.57 bits per heavy atom. The first-order chi connectivity index (χ1) is 10.1. The predicted octanol–water partition coefficient (Wildman–Crippen LogP) is 2.90. The van der Waals surface area contributed by atoms with Gasteiger partial charge in [0.1, 0.15) is 0 Å². The molecule has 0 saturated heterocycles. The molecule has 0 heterocycles. The molecule has 0 fully saturated rings. The van der Waals surface area contributed by atoms with Crippen LogP contribution in [-0.4, -0.2) is 31.9 Å². The van der Waals surface area contributed by atoms with E-state index in [1.54, 1.807) is 14.2 Å². The molecule has 0 aliphatic carbocycles. The molecule has 0 radical (unpaired) electrons. The minimum Gasteiger partial charge on any atom is -0.493 e. The molecule has 21 heavy (non-hydrogen) atoms. The van der Waals surface area contributed by atoms with Crippen LogP contribution in [0.25, 0.3) is 0 Å². The molecule has 1 aromatic rings. The normalized spacial score (nSPS) is 11.6. The maximum absolute atomic E-state index is 5.30. The fraction of sp³-hybridized carbons (Fsp3) is 0.562. The van der Waals surface area contributed by atoms with Crippen LogP contribution in [0.2, 0.25) is 0 Å². The van der Waals surface area contributed by atoms with Crippen molar-refractivity contribution in [3.63, 3.8) is 0 Å². The van der Waals surface area contributed by atoms with Gasteiger partial charge in [0.25, 0.3) is 0 Å². The molecule has 118 valence electrons. The van der Waals surface area contributed by atoms with Gasteiger partial charge in [-0.1, -0.05) is 19.4 Å². The molecule has 0 spiro atoms. The Kier molecular flexibility index (Phi) is 7.90. The van der Waals surface area contributed by atoms with Crippen molar-refractivity contribution in [3.8, 4) is 11.5 Å². The highest BCUT2D eigenvalue weighted by atomic mass is 32.1. The topological polar surface area (TPSA) is 42.5 Å². The Bertz CT molecular complexity index is 452. The first-order valence-electron chi connectivity index (χ1n) is 7.36. The van der Waals surface area contributed by atoms with Gasteiger partial charge in [-0.3, -0.25) is 0 Å². The van der Waals surface area contributed by atoms with Gasteiger partial charge in [-0.15, -0.1) is 0 Å². The average Bonchev–Trinajstić information content (AvgIpc) is 2.47. The molecule has 0 saturated carbocycles. The van der Waals surface area contributed by atoms with Crippen LogP contribution >= 0.6 is 12.2 Å². The summed E-state index contributed by atoms with van der Waals surface area (Å²) in [7, 11) is 3.29. The molecular formula is C16H26N2O2S. The highest BCUT2D eigenvalue weighted by molar-refractivity contribution is 7.80. The largest absolute Gasteiger partial charge is 0.493 e. The van der Waals surface area contributed by atoms with Crippen molar-refractivity contribution in [2.75, 3.05) is 20.8 Å². The summed E-state index contributed by atoms with van der Waals surface area (Å²) >= 11 is 5.28. The summed E-state index contributed by atoms with van der Waals surface area (Å²) in [6.07, 6.45) is 3.16. The fourth-order valence-corrected chi connectivity index (χ4v) is 2.44. The van der Waals surface area contributed by atoms with Gasteiger partial charge in [0, 0.05) is 12.6 Å². The minimum atomic E-state index is 0.413. The molecule has 0 amide bonds. The third kappa shape index (κ3) is 6.21. The van der Waals surface area contributed by atoms with Gasteiger partial charge >= 0.3 is 0 Å². The quantitative estimate of drug-likeness (QED) is 0.723. The lowest BCUT2D eigenvalue weighted by Gasteiger charge is -2.16. The predicted molar refractivity (Wildman–Crippen MR) is 91.4 cm³/mol. The summed E-state index contributed by atoms with van der Waals surface area (Å²) in [5.74, 6) is 1.51. The van der Waals surface area contributed by atoms with Gasteiger partial charge in [0.15, 0.2) is 16.6 Å². The van der Waals surface area contributed by atoms with E-state index in [0.29, 0.717) is 6.04 Å². The van der Waals surface area contributed by atoms with Crippen molar-refractivity contribution in [2.45, 2.75) is 39.2 Å². The number of hydrogen-bond donors (Lipinski definition) is 2. The number of rotatable bonds is 8. The number of nitrogens with one attached hydrogen (secondary N) is 2. The number of hydrogen-bond acceptors (Lipinski definition) is 3. The summed E-state index contributed by atoms with van der Waals surface area (Å²) in [4.78, 5) is 0. The third-order valence-corrected chi connectivity index (χ3v) is 3.51. The van der Waals surface area contributed by atoms with Crippen molar-refractivity contribution in [1.82, 2.24) is 10.6 Å². The second kappa shape index (κ2) is 9.45. The first kappa shape index (κ1) is 17.6. The zero-order valence-electron chi connectivity index (χ0n) is 13.4. The lowest BCUT2D eigenvalue weighted by Crippen LogP contribution is -2.41. The van der Waals surface area contributed by atoms with Gasteiger partial charge in [0.2, 0.25) is 0 Å². The Labute approximate surface area is 133 Å². The van der Waals surface area contributed by atoms with Crippen LogP contribution in [0, 0.1) is 0 Å².